The average Bonchev–Trinajstić information content (AvgIpc) is 3.46. The van der Waals surface area contributed by atoms with Gasteiger partial charge >= 0.3 is 0 Å². The first-order valence-corrected chi connectivity index (χ1v) is 10.5. The second-order valence-electron chi connectivity index (χ2n) is 7.94. The van der Waals surface area contributed by atoms with Crippen LogP contribution in [0.25, 0.3) is 17.1 Å². The maximum Gasteiger partial charge on any atom is 0.159 e. The van der Waals surface area contributed by atoms with Gasteiger partial charge in [0.15, 0.2) is 5.82 Å². The summed E-state index contributed by atoms with van der Waals surface area (Å²) < 4.78 is 17.3. The van der Waals surface area contributed by atoms with Gasteiger partial charge in [0.2, 0.25) is 0 Å². The van der Waals surface area contributed by atoms with Crippen molar-refractivity contribution in [3.05, 3.63) is 65.5 Å². The van der Waals surface area contributed by atoms with Crippen molar-refractivity contribution >= 4 is 11.6 Å². The van der Waals surface area contributed by atoms with E-state index in [1.807, 2.05) is 30.7 Å². The van der Waals surface area contributed by atoms with Crippen LogP contribution in [0.2, 0.25) is 0 Å². The number of hydrogen-bond donors (Lipinski definition) is 1. The van der Waals surface area contributed by atoms with Gasteiger partial charge in [0, 0.05) is 22.9 Å². The summed E-state index contributed by atoms with van der Waals surface area (Å²) >= 11 is 0. The SMILES string of the molecule is CCc1c(-c2ccc(F)cc2)nn(C2CC2)c1Nc1cc(-n2nc(C)cc2C)ncn1. The molecule has 3 heterocycles. The lowest BCUT2D eigenvalue weighted by molar-refractivity contribution is 0.628. The second kappa shape index (κ2) is 7.61. The molecule has 0 spiro atoms. The Labute approximate surface area is 180 Å². The molecule has 0 atom stereocenters. The van der Waals surface area contributed by atoms with Gasteiger partial charge in [-0.1, -0.05) is 6.92 Å². The molecule has 1 aromatic carbocycles. The van der Waals surface area contributed by atoms with Crippen molar-refractivity contribution in [3.63, 3.8) is 0 Å². The number of aryl methyl sites for hydroxylation is 2. The fourth-order valence-corrected chi connectivity index (χ4v) is 3.87. The van der Waals surface area contributed by atoms with Crippen molar-refractivity contribution < 1.29 is 4.39 Å². The average molecular weight is 417 g/mol. The first-order chi connectivity index (χ1) is 15.0. The van der Waals surface area contributed by atoms with Crippen LogP contribution >= 0.6 is 0 Å². The van der Waals surface area contributed by atoms with Crippen LogP contribution in [0.5, 0.6) is 0 Å². The third-order valence-electron chi connectivity index (χ3n) is 5.50. The summed E-state index contributed by atoms with van der Waals surface area (Å²) in [5.74, 6) is 2.07. The highest BCUT2D eigenvalue weighted by Crippen LogP contribution is 2.41. The zero-order valence-corrected chi connectivity index (χ0v) is 17.8. The van der Waals surface area contributed by atoms with E-state index >= 15 is 0 Å². The van der Waals surface area contributed by atoms with Gasteiger partial charge < -0.3 is 5.32 Å². The van der Waals surface area contributed by atoms with Gasteiger partial charge in [0.05, 0.1) is 17.4 Å². The van der Waals surface area contributed by atoms with E-state index in [-0.39, 0.29) is 5.82 Å². The largest absolute Gasteiger partial charge is 0.325 e. The number of aromatic nitrogens is 6. The molecule has 158 valence electrons. The Morgan fingerprint density at radius 2 is 1.84 bits per heavy atom. The van der Waals surface area contributed by atoms with Crippen LogP contribution in [0.4, 0.5) is 16.0 Å². The molecule has 1 saturated carbocycles. The zero-order chi connectivity index (χ0) is 21.5. The van der Waals surface area contributed by atoms with E-state index in [9.17, 15) is 4.39 Å². The monoisotopic (exact) mass is 417 g/mol. The topological polar surface area (TPSA) is 73.5 Å². The summed E-state index contributed by atoms with van der Waals surface area (Å²) in [6.07, 6.45) is 4.53. The van der Waals surface area contributed by atoms with Crippen LogP contribution in [0.15, 0.2) is 42.7 Å². The standard InChI is InChI=1S/C23H24FN7/c1-4-19-22(16-5-7-17(24)8-6-16)29-31(18-9-10-18)23(19)27-20-12-21(26-13-25-20)30-15(3)11-14(2)28-30/h5-8,11-13,18H,4,9-10H2,1-3H3,(H,25,26,27). The van der Waals surface area contributed by atoms with Gasteiger partial charge in [-0.3, -0.25) is 0 Å². The van der Waals surface area contributed by atoms with Crippen LogP contribution in [0.3, 0.4) is 0 Å². The predicted molar refractivity (Wildman–Crippen MR) is 117 cm³/mol. The number of nitrogens with one attached hydrogen (secondary N) is 1. The molecule has 4 aromatic rings. The van der Waals surface area contributed by atoms with Gasteiger partial charge in [-0.05, 0) is 63.4 Å². The molecule has 0 aliphatic heterocycles. The zero-order valence-electron chi connectivity index (χ0n) is 17.8. The lowest BCUT2D eigenvalue weighted by Gasteiger charge is -2.11. The van der Waals surface area contributed by atoms with Crippen LogP contribution < -0.4 is 5.32 Å². The highest BCUT2D eigenvalue weighted by atomic mass is 19.1. The Morgan fingerprint density at radius 1 is 1.06 bits per heavy atom. The molecule has 1 fully saturated rings. The molecule has 3 aromatic heterocycles. The highest BCUT2D eigenvalue weighted by molar-refractivity contribution is 5.72. The Hall–Kier alpha value is -3.55. The van der Waals surface area contributed by atoms with Crippen molar-refractivity contribution in [1.29, 1.82) is 0 Å². The molecule has 1 aliphatic rings. The molecular weight excluding hydrogens is 393 g/mol. The lowest BCUT2D eigenvalue weighted by atomic mass is 10.1. The van der Waals surface area contributed by atoms with Crippen LogP contribution in [-0.2, 0) is 6.42 Å². The fraction of sp³-hybridized carbons (Fsp3) is 0.304. The van der Waals surface area contributed by atoms with E-state index in [0.717, 1.165) is 53.3 Å². The minimum atomic E-state index is -0.251. The number of benzene rings is 1. The van der Waals surface area contributed by atoms with Crippen molar-refractivity contribution in [2.24, 2.45) is 0 Å². The minimum absolute atomic E-state index is 0.251. The molecule has 0 amide bonds. The van der Waals surface area contributed by atoms with Crippen molar-refractivity contribution in [2.45, 2.75) is 46.1 Å². The molecule has 0 unspecified atom stereocenters. The molecule has 31 heavy (non-hydrogen) atoms. The first kappa shape index (κ1) is 19.4. The van der Waals surface area contributed by atoms with E-state index in [0.29, 0.717) is 17.7 Å². The maximum absolute atomic E-state index is 13.4. The molecule has 0 bridgehead atoms. The number of nitrogens with zero attached hydrogens (tertiary/aromatic N) is 6. The summed E-state index contributed by atoms with van der Waals surface area (Å²) in [6, 6.07) is 10.8. The predicted octanol–water partition coefficient (Wildman–Crippen LogP) is 4.92. The fourth-order valence-electron chi connectivity index (χ4n) is 3.87. The molecule has 5 rings (SSSR count). The molecule has 1 N–H and O–H groups in total. The second-order valence-corrected chi connectivity index (χ2v) is 7.94. The Bertz CT molecular complexity index is 1240. The third-order valence-corrected chi connectivity index (χ3v) is 5.50. The number of halogens is 1. The van der Waals surface area contributed by atoms with Crippen LogP contribution in [0.1, 0.15) is 42.8 Å². The van der Waals surface area contributed by atoms with E-state index in [4.69, 9.17) is 5.10 Å². The quantitative estimate of drug-likeness (QED) is 0.482. The Balaban J connectivity index is 1.55. The molecule has 7 nitrogen and oxygen atoms in total. The van der Waals surface area contributed by atoms with Crippen LogP contribution in [-0.4, -0.2) is 29.5 Å². The van der Waals surface area contributed by atoms with Gasteiger partial charge in [-0.25, -0.2) is 23.7 Å². The Morgan fingerprint density at radius 3 is 2.48 bits per heavy atom. The molecule has 0 radical (unpaired) electrons. The number of anilines is 2. The van der Waals surface area contributed by atoms with Gasteiger partial charge in [0.1, 0.15) is 23.8 Å². The maximum atomic E-state index is 13.4. The highest BCUT2D eigenvalue weighted by Gasteiger charge is 2.30. The number of rotatable bonds is 6. The van der Waals surface area contributed by atoms with Crippen molar-refractivity contribution in [2.75, 3.05) is 5.32 Å². The van der Waals surface area contributed by atoms with Gasteiger partial charge in [-0.15, -0.1) is 0 Å². The minimum Gasteiger partial charge on any atom is -0.325 e. The van der Waals surface area contributed by atoms with E-state index in [1.54, 1.807) is 18.5 Å². The summed E-state index contributed by atoms with van der Waals surface area (Å²) in [5, 5.41) is 12.9. The molecule has 1 aliphatic carbocycles. The summed E-state index contributed by atoms with van der Waals surface area (Å²) in [6.45, 7) is 6.07. The smallest absolute Gasteiger partial charge is 0.159 e. The molecular formula is C23H24FN7. The Kier molecular flexibility index (Phi) is 4.77. The number of hydrogen-bond acceptors (Lipinski definition) is 5. The molecule has 8 heteroatoms. The summed E-state index contributed by atoms with van der Waals surface area (Å²) in [7, 11) is 0. The molecule has 0 saturated heterocycles. The van der Waals surface area contributed by atoms with Gasteiger partial charge in [-0.2, -0.15) is 10.2 Å². The third kappa shape index (κ3) is 3.69. The van der Waals surface area contributed by atoms with E-state index in [2.05, 4.69) is 32.0 Å². The van der Waals surface area contributed by atoms with Crippen molar-refractivity contribution in [3.8, 4) is 17.1 Å². The van der Waals surface area contributed by atoms with E-state index < -0.39 is 0 Å². The summed E-state index contributed by atoms with van der Waals surface area (Å²) in [4.78, 5) is 8.82. The first-order valence-electron chi connectivity index (χ1n) is 10.5. The summed E-state index contributed by atoms with van der Waals surface area (Å²) in [5.41, 5.74) is 4.83. The van der Waals surface area contributed by atoms with E-state index in [1.165, 1.54) is 12.1 Å². The normalized spacial score (nSPS) is 13.5. The van der Waals surface area contributed by atoms with Gasteiger partial charge in [0.25, 0.3) is 0 Å². The van der Waals surface area contributed by atoms with Crippen LogP contribution in [0, 0.1) is 19.7 Å². The van der Waals surface area contributed by atoms with Crippen molar-refractivity contribution in [1.82, 2.24) is 29.5 Å². The lowest BCUT2D eigenvalue weighted by Crippen LogP contribution is -2.07.